The molecule has 1 N–H and O–H groups in total. The van der Waals surface area contributed by atoms with Gasteiger partial charge in [-0.1, -0.05) is 6.92 Å². The fraction of sp³-hybridized carbons (Fsp3) is 0.818. The van der Waals surface area contributed by atoms with E-state index >= 15 is 0 Å². The molecule has 90 valence electrons. The molecule has 0 spiro atoms. The molecule has 0 radical (unpaired) electrons. The van der Waals surface area contributed by atoms with Gasteiger partial charge in [0.15, 0.2) is 0 Å². The van der Waals surface area contributed by atoms with E-state index in [4.69, 9.17) is 5.11 Å². The van der Waals surface area contributed by atoms with Crippen LogP contribution < -0.4 is 0 Å². The van der Waals surface area contributed by atoms with Crippen LogP contribution in [0.15, 0.2) is 0 Å². The van der Waals surface area contributed by atoms with E-state index in [1.54, 1.807) is 0 Å². The van der Waals surface area contributed by atoms with Crippen LogP contribution in [-0.4, -0.2) is 52.6 Å². The Morgan fingerprint density at radius 2 is 2.00 bits per heavy atom. The quantitative estimate of drug-likeness (QED) is 0.764. The van der Waals surface area contributed by atoms with Crippen molar-refractivity contribution in [2.75, 3.05) is 19.6 Å². The number of rotatable bonds is 2. The maximum absolute atomic E-state index is 12.0. The van der Waals surface area contributed by atoms with Crippen LogP contribution in [0.2, 0.25) is 0 Å². The van der Waals surface area contributed by atoms with Crippen molar-refractivity contribution in [2.24, 2.45) is 5.92 Å². The molecule has 0 aromatic carbocycles. The van der Waals surface area contributed by atoms with E-state index in [1.165, 1.54) is 4.90 Å². The Labute approximate surface area is 95.0 Å². The molecular formula is C11H18N2O3. The Morgan fingerprint density at radius 1 is 1.31 bits per heavy atom. The monoisotopic (exact) mass is 226 g/mol. The van der Waals surface area contributed by atoms with Crippen molar-refractivity contribution >= 4 is 12.0 Å². The summed E-state index contributed by atoms with van der Waals surface area (Å²) >= 11 is 0. The van der Waals surface area contributed by atoms with Gasteiger partial charge in [-0.05, 0) is 19.3 Å². The number of carbonyl (C=O) groups is 2. The van der Waals surface area contributed by atoms with Crippen molar-refractivity contribution in [3.63, 3.8) is 0 Å². The third kappa shape index (κ3) is 2.13. The van der Waals surface area contributed by atoms with Crippen LogP contribution in [0.4, 0.5) is 4.79 Å². The molecule has 1 unspecified atom stereocenters. The van der Waals surface area contributed by atoms with Crippen LogP contribution in [0, 0.1) is 5.92 Å². The molecule has 1 aliphatic carbocycles. The zero-order valence-corrected chi connectivity index (χ0v) is 9.56. The highest BCUT2D eigenvalue weighted by molar-refractivity contribution is 5.81. The third-order valence-corrected chi connectivity index (χ3v) is 3.43. The lowest BCUT2D eigenvalue weighted by molar-refractivity contribution is -0.137. The molecule has 2 rings (SSSR count). The molecular weight excluding hydrogens is 208 g/mol. The summed E-state index contributed by atoms with van der Waals surface area (Å²) in [5.41, 5.74) is 0. The number of carboxylic acid groups (broad SMARTS) is 1. The van der Waals surface area contributed by atoms with E-state index in [0.717, 1.165) is 19.3 Å². The molecule has 5 nitrogen and oxygen atoms in total. The van der Waals surface area contributed by atoms with Crippen molar-refractivity contribution in [3.8, 4) is 0 Å². The van der Waals surface area contributed by atoms with Crippen molar-refractivity contribution in [1.29, 1.82) is 0 Å². The second-order valence-corrected chi connectivity index (χ2v) is 4.60. The first-order valence-corrected chi connectivity index (χ1v) is 5.91. The molecule has 1 saturated carbocycles. The first kappa shape index (κ1) is 11.2. The molecule has 2 amide bonds. The molecule has 2 aliphatic rings. The number of carbonyl (C=O) groups excluding carboxylic acids is 1. The predicted molar refractivity (Wildman–Crippen MR) is 58.1 cm³/mol. The lowest BCUT2D eigenvalue weighted by Gasteiger charge is -2.40. The summed E-state index contributed by atoms with van der Waals surface area (Å²) in [5, 5.41) is 8.92. The van der Waals surface area contributed by atoms with Crippen molar-refractivity contribution in [3.05, 3.63) is 0 Å². The highest BCUT2D eigenvalue weighted by atomic mass is 16.4. The average Bonchev–Trinajstić information content (AvgIpc) is 3.11. The molecule has 16 heavy (non-hydrogen) atoms. The van der Waals surface area contributed by atoms with Gasteiger partial charge < -0.3 is 14.9 Å². The topological polar surface area (TPSA) is 60.9 Å². The fourth-order valence-corrected chi connectivity index (χ4v) is 2.23. The fourth-order valence-electron chi connectivity index (χ4n) is 2.23. The summed E-state index contributed by atoms with van der Waals surface area (Å²) in [7, 11) is 0. The molecule has 1 saturated heterocycles. The minimum absolute atomic E-state index is 0.0675. The second-order valence-electron chi connectivity index (χ2n) is 4.60. The Balaban J connectivity index is 1.99. The van der Waals surface area contributed by atoms with Gasteiger partial charge in [0.2, 0.25) is 5.91 Å². The highest BCUT2D eigenvalue weighted by Gasteiger charge is 2.38. The summed E-state index contributed by atoms with van der Waals surface area (Å²) in [4.78, 5) is 26.1. The van der Waals surface area contributed by atoms with Gasteiger partial charge in [0.05, 0.1) is 0 Å². The molecule has 0 bridgehead atoms. The number of amides is 2. The summed E-state index contributed by atoms with van der Waals surface area (Å²) in [6, 6.07) is 0.0675. The van der Waals surface area contributed by atoms with Crippen molar-refractivity contribution in [2.45, 2.75) is 32.2 Å². The van der Waals surface area contributed by atoms with Gasteiger partial charge in [0, 0.05) is 31.6 Å². The SMILES string of the molecule is CCC1CN(C(=O)O)CCN1C(=O)C1CC1. The van der Waals surface area contributed by atoms with Crippen LogP contribution in [0.3, 0.4) is 0 Å². The maximum Gasteiger partial charge on any atom is 0.407 e. The number of hydrogen-bond donors (Lipinski definition) is 1. The lowest BCUT2D eigenvalue weighted by atomic mass is 10.1. The molecule has 0 aromatic rings. The summed E-state index contributed by atoms with van der Waals surface area (Å²) < 4.78 is 0. The molecule has 5 heteroatoms. The Bertz CT molecular complexity index is 302. The van der Waals surface area contributed by atoms with Gasteiger partial charge >= 0.3 is 6.09 Å². The minimum Gasteiger partial charge on any atom is -0.465 e. The minimum atomic E-state index is -0.878. The van der Waals surface area contributed by atoms with Crippen molar-refractivity contribution in [1.82, 2.24) is 9.80 Å². The Hall–Kier alpha value is -1.26. The normalized spacial score (nSPS) is 25.7. The van der Waals surface area contributed by atoms with Gasteiger partial charge in [-0.25, -0.2) is 4.79 Å². The van der Waals surface area contributed by atoms with Crippen LogP contribution >= 0.6 is 0 Å². The van der Waals surface area contributed by atoms with Gasteiger partial charge in [0.1, 0.15) is 0 Å². The standard InChI is InChI=1S/C11H18N2O3/c1-2-9-7-12(11(15)16)5-6-13(9)10(14)8-3-4-8/h8-9H,2-7H2,1H3,(H,15,16). The first-order valence-electron chi connectivity index (χ1n) is 5.91. The van der Waals surface area contributed by atoms with E-state index in [1.807, 2.05) is 11.8 Å². The van der Waals surface area contributed by atoms with Gasteiger partial charge in [-0.2, -0.15) is 0 Å². The molecule has 1 atom stereocenters. The molecule has 1 aliphatic heterocycles. The lowest BCUT2D eigenvalue weighted by Crippen LogP contribution is -2.56. The van der Waals surface area contributed by atoms with Crippen LogP contribution in [0.1, 0.15) is 26.2 Å². The smallest absolute Gasteiger partial charge is 0.407 e. The Morgan fingerprint density at radius 3 is 2.50 bits per heavy atom. The summed E-state index contributed by atoms with van der Waals surface area (Å²) in [6.45, 7) is 3.47. The number of nitrogens with zero attached hydrogens (tertiary/aromatic N) is 2. The van der Waals surface area contributed by atoms with Crippen molar-refractivity contribution < 1.29 is 14.7 Å². The highest BCUT2D eigenvalue weighted by Crippen LogP contribution is 2.32. The maximum atomic E-state index is 12.0. The van der Waals surface area contributed by atoms with Gasteiger partial charge in [0.25, 0.3) is 0 Å². The predicted octanol–water partition coefficient (Wildman–Crippen LogP) is 0.997. The zero-order chi connectivity index (χ0) is 11.7. The summed E-state index contributed by atoms with van der Waals surface area (Å²) in [6.07, 6.45) is 1.96. The van der Waals surface area contributed by atoms with Crippen LogP contribution in [0.5, 0.6) is 0 Å². The van der Waals surface area contributed by atoms with E-state index in [2.05, 4.69) is 0 Å². The zero-order valence-electron chi connectivity index (χ0n) is 9.56. The Kier molecular flexibility index (Phi) is 3.03. The third-order valence-electron chi connectivity index (χ3n) is 3.43. The van der Waals surface area contributed by atoms with Crippen LogP contribution in [0.25, 0.3) is 0 Å². The second kappa shape index (κ2) is 4.31. The summed E-state index contributed by atoms with van der Waals surface area (Å²) in [5.74, 6) is 0.460. The largest absolute Gasteiger partial charge is 0.465 e. The van der Waals surface area contributed by atoms with Gasteiger partial charge in [-0.3, -0.25) is 4.79 Å². The first-order chi connectivity index (χ1) is 7.63. The number of piperazine rings is 1. The number of hydrogen-bond acceptors (Lipinski definition) is 2. The van der Waals surface area contributed by atoms with E-state index in [0.29, 0.717) is 19.6 Å². The van der Waals surface area contributed by atoms with E-state index < -0.39 is 6.09 Å². The van der Waals surface area contributed by atoms with Crippen LogP contribution in [-0.2, 0) is 4.79 Å². The molecule has 2 fully saturated rings. The van der Waals surface area contributed by atoms with E-state index in [9.17, 15) is 9.59 Å². The molecule has 0 aromatic heterocycles. The average molecular weight is 226 g/mol. The van der Waals surface area contributed by atoms with Gasteiger partial charge in [-0.15, -0.1) is 0 Å². The van der Waals surface area contributed by atoms with E-state index in [-0.39, 0.29) is 17.9 Å². The molecule has 1 heterocycles.